The fraction of sp³-hybridized carbons (Fsp3) is 0.750. The van der Waals surface area contributed by atoms with Crippen LogP contribution in [0, 0.1) is 6.92 Å². The molecule has 2 aliphatic rings. The highest BCUT2D eigenvalue weighted by atomic mass is 16.3. The maximum absolute atomic E-state index is 11.6. The Morgan fingerprint density at radius 3 is 2.73 bits per heavy atom. The lowest BCUT2D eigenvalue weighted by Gasteiger charge is -2.33. The van der Waals surface area contributed by atoms with Gasteiger partial charge in [0.05, 0.1) is 12.3 Å². The first kappa shape index (κ1) is 15.5. The number of nitrogens with zero attached hydrogens (tertiary/aromatic N) is 3. The molecule has 1 aromatic rings. The molecule has 122 valence electrons. The number of H-pyrrole nitrogens is 1. The van der Waals surface area contributed by atoms with Gasteiger partial charge in [-0.2, -0.15) is 5.10 Å². The molecule has 3 rings (SSSR count). The molecule has 1 atom stereocenters. The molecule has 6 nitrogen and oxygen atoms in total. The standard InChI is InChI=1S/C16H26N4O2/c1-12-15(9-17-18-12)13-4-7-19(8-5-13)10-14(21)11-20-6-2-3-16(20)22/h9,13-14,21H,2-8,10-11H2,1H3,(H,17,18). The average molecular weight is 306 g/mol. The molecule has 2 aliphatic heterocycles. The van der Waals surface area contributed by atoms with E-state index in [0.29, 0.717) is 25.4 Å². The normalized spacial score (nSPS) is 22.5. The fourth-order valence-electron chi connectivity index (χ4n) is 3.71. The minimum Gasteiger partial charge on any atom is -0.390 e. The van der Waals surface area contributed by atoms with Gasteiger partial charge in [-0.15, -0.1) is 0 Å². The summed E-state index contributed by atoms with van der Waals surface area (Å²) in [5, 5.41) is 17.3. The van der Waals surface area contributed by atoms with Crippen molar-refractivity contribution in [3.63, 3.8) is 0 Å². The van der Waals surface area contributed by atoms with Crippen molar-refractivity contribution in [1.82, 2.24) is 20.0 Å². The van der Waals surface area contributed by atoms with E-state index in [1.54, 1.807) is 4.90 Å². The number of rotatable bonds is 5. The molecule has 0 radical (unpaired) electrons. The van der Waals surface area contributed by atoms with E-state index in [0.717, 1.165) is 38.9 Å². The van der Waals surface area contributed by atoms with Crippen molar-refractivity contribution >= 4 is 5.91 Å². The van der Waals surface area contributed by atoms with Crippen LogP contribution >= 0.6 is 0 Å². The van der Waals surface area contributed by atoms with Crippen LogP contribution in [0.5, 0.6) is 0 Å². The minimum atomic E-state index is -0.436. The van der Waals surface area contributed by atoms with Crippen molar-refractivity contribution in [1.29, 1.82) is 0 Å². The summed E-state index contributed by atoms with van der Waals surface area (Å²) in [5.41, 5.74) is 2.51. The highest BCUT2D eigenvalue weighted by molar-refractivity contribution is 5.78. The zero-order valence-corrected chi connectivity index (χ0v) is 13.3. The number of aliphatic hydroxyl groups excluding tert-OH is 1. The highest BCUT2D eigenvalue weighted by Crippen LogP contribution is 2.29. The molecule has 2 saturated heterocycles. The third kappa shape index (κ3) is 3.50. The number of aromatic nitrogens is 2. The topological polar surface area (TPSA) is 72.5 Å². The zero-order valence-electron chi connectivity index (χ0n) is 13.3. The third-order valence-corrected chi connectivity index (χ3v) is 4.97. The Morgan fingerprint density at radius 1 is 1.36 bits per heavy atom. The first-order valence-electron chi connectivity index (χ1n) is 8.31. The van der Waals surface area contributed by atoms with E-state index in [4.69, 9.17) is 0 Å². The molecule has 2 N–H and O–H groups in total. The SMILES string of the molecule is Cc1[nH]ncc1C1CCN(CC(O)CN2CCCC2=O)CC1. The van der Waals surface area contributed by atoms with Crippen LogP contribution < -0.4 is 0 Å². The molecule has 0 spiro atoms. The monoisotopic (exact) mass is 306 g/mol. The van der Waals surface area contributed by atoms with Gasteiger partial charge < -0.3 is 14.9 Å². The number of aromatic amines is 1. The Kier molecular flexibility index (Phi) is 4.78. The quantitative estimate of drug-likeness (QED) is 0.847. The second-order valence-corrected chi connectivity index (χ2v) is 6.62. The number of likely N-dealkylation sites (tertiary alicyclic amines) is 2. The molecule has 0 aromatic carbocycles. The second-order valence-electron chi connectivity index (χ2n) is 6.62. The molecule has 1 aromatic heterocycles. The van der Waals surface area contributed by atoms with E-state index < -0.39 is 6.10 Å². The predicted octanol–water partition coefficient (Wildman–Crippen LogP) is 0.881. The van der Waals surface area contributed by atoms with E-state index in [1.807, 2.05) is 6.20 Å². The van der Waals surface area contributed by atoms with Gasteiger partial charge in [0.25, 0.3) is 0 Å². The van der Waals surface area contributed by atoms with Gasteiger partial charge in [0.15, 0.2) is 0 Å². The zero-order chi connectivity index (χ0) is 15.5. The van der Waals surface area contributed by atoms with Crippen LogP contribution in [-0.2, 0) is 4.79 Å². The lowest BCUT2D eigenvalue weighted by molar-refractivity contribution is -0.129. The number of β-amino-alcohol motifs (C(OH)–C–C–N with tert-alkyl or cyclic N) is 1. The Morgan fingerprint density at radius 2 is 2.14 bits per heavy atom. The molecule has 0 aliphatic carbocycles. The van der Waals surface area contributed by atoms with Gasteiger partial charge in [0, 0.05) is 31.7 Å². The summed E-state index contributed by atoms with van der Waals surface area (Å²) in [6.45, 7) is 6.03. The molecular weight excluding hydrogens is 280 g/mol. The largest absolute Gasteiger partial charge is 0.390 e. The lowest BCUT2D eigenvalue weighted by Crippen LogP contribution is -2.43. The molecule has 3 heterocycles. The summed E-state index contributed by atoms with van der Waals surface area (Å²) < 4.78 is 0. The van der Waals surface area contributed by atoms with Crippen LogP contribution in [-0.4, -0.2) is 69.8 Å². The lowest BCUT2D eigenvalue weighted by atomic mass is 9.90. The summed E-state index contributed by atoms with van der Waals surface area (Å²) in [5.74, 6) is 0.764. The Balaban J connectivity index is 1.43. The van der Waals surface area contributed by atoms with Crippen LogP contribution in [0.1, 0.15) is 42.9 Å². The number of aryl methyl sites for hydroxylation is 1. The number of amides is 1. The molecule has 6 heteroatoms. The Labute approximate surface area is 131 Å². The Bertz CT molecular complexity index is 508. The van der Waals surface area contributed by atoms with Crippen molar-refractivity contribution in [2.24, 2.45) is 0 Å². The highest BCUT2D eigenvalue weighted by Gasteiger charge is 2.26. The maximum Gasteiger partial charge on any atom is 0.222 e. The number of nitrogens with one attached hydrogen (secondary N) is 1. The van der Waals surface area contributed by atoms with Crippen molar-refractivity contribution < 1.29 is 9.90 Å². The molecule has 0 bridgehead atoms. The van der Waals surface area contributed by atoms with Crippen LogP contribution in [0.2, 0.25) is 0 Å². The fourth-order valence-corrected chi connectivity index (χ4v) is 3.71. The summed E-state index contributed by atoms with van der Waals surface area (Å²) >= 11 is 0. The first-order chi connectivity index (χ1) is 10.6. The van der Waals surface area contributed by atoms with Gasteiger partial charge >= 0.3 is 0 Å². The third-order valence-electron chi connectivity index (χ3n) is 4.97. The second kappa shape index (κ2) is 6.79. The summed E-state index contributed by atoms with van der Waals surface area (Å²) in [6, 6.07) is 0. The predicted molar refractivity (Wildman–Crippen MR) is 83.6 cm³/mol. The molecule has 22 heavy (non-hydrogen) atoms. The maximum atomic E-state index is 11.6. The van der Waals surface area contributed by atoms with Crippen molar-refractivity contribution in [2.45, 2.75) is 44.6 Å². The number of hydrogen-bond acceptors (Lipinski definition) is 4. The average Bonchev–Trinajstić information content (AvgIpc) is 3.09. The van der Waals surface area contributed by atoms with Gasteiger partial charge in [0.1, 0.15) is 0 Å². The molecule has 2 fully saturated rings. The number of carbonyl (C=O) groups excluding carboxylic acids is 1. The van der Waals surface area contributed by atoms with Crippen molar-refractivity contribution in [2.75, 3.05) is 32.7 Å². The molecular formula is C16H26N4O2. The van der Waals surface area contributed by atoms with Crippen LogP contribution in [0.25, 0.3) is 0 Å². The van der Waals surface area contributed by atoms with Gasteiger partial charge in [-0.1, -0.05) is 0 Å². The number of piperidine rings is 1. The van der Waals surface area contributed by atoms with Crippen molar-refractivity contribution in [3.05, 3.63) is 17.5 Å². The van der Waals surface area contributed by atoms with Gasteiger partial charge in [-0.05, 0) is 50.8 Å². The molecule has 1 amide bonds. The smallest absolute Gasteiger partial charge is 0.222 e. The van der Waals surface area contributed by atoms with Gasteiger partial charge in [-0.25, -0.2) is 0 Å². The number of hydrogen-bond donors (Lipinski definition) is 2. The van der Waals surface area contributed by atoms with E-state index in [9.17, 15) is 9.90 Å². The van der Waals surface area contributed by atoms with Gasteiger partial charge in [0.2, 0.25) is 5.91 Å². The van der Waals surface area contributed by atoms with E-state index in [-0.39, 0.29) is 5.91 Å². The summed E-state index contributed by atoms with van der Waals surface area (Å²) in [6.07, 6.45) is 5.30. The number of carbonyl (C=O) groups is 1. The van der Waals surface area contributed by atoms with Crippen molar-refractivity contribution in [3.8, 4) is 0 Å². The summed E-state index contributed by atoms with van der Waals surface area (Å²) in [4.78, 5) is 15.7. The van der Waals surface area contributed by atoms with E-state index >= 15 is 0 Å². The van der Waals surface area contributed by atoms with Crippen LogP contribution in [0.4, 0.5) is 0 Å². The number of aliphatic hydroxyl groups is 1. The molecule has 1 unspecified atom stereocenters. The molecule has 0 saturated carbocycles. The minimum absolute atomic E-state index is 0.188. The van der Waals surface area contributed by atoms with E-state index in [1.165, 1.54) is 11.3 Å². The Hall–Kier alpha value is -1.40. The summed E-state index contributed by atoms with van der Waals surface area (Å²) in [7, 11) is 0. The van der Waals surface area contributed by atoms with Crippen LogP contribution in [0.3, 0.4) is 0 Å². The van der Waals surface area contributed by atoms with E-state index in [2.05, 4.69) is 22.0 Å². The first-order valence-corrected chi connectivity index (χ1v) is 8.31. The van der Waals surface area contributed by atoms with Crippen LogP contribution in [0.15, 0.2) is 6.20 Å². The van der Waals surface area contributed by atoms with Gasteiger partial charge in [-0.3, -0.25) is 9.89 Å².